The maximum atomic E-state index is 12.8. The molecular formula is C21H22N2O4. The van der Waals surface area contributed by atoms with Crippen molar-refractivity contribution in [2.45, 2.75) is 19.8 Å². The molecule has 0 fully saturated rings. The number of hydrogen-bond donors (Lipinski definition) is 0. The van der Waals surface area contributed by atoms with Crippen molar-refractivity contribution in [3.05, 3.63) is 65.9 Å². The molecule has 1 heterocycles. The largest absolute Gasteiger partial charge is 0.497 e. The monoisotopic (exact) mass is 366 g/mol. The zero-order chi connectivity index (χ0) is 19.4. The lowest BCUT2D eigenvalue weighted by Crippen LogP contribution is -2.13. The summed E-state index contributed by atoms with van der Waals surface area (Å²) >= 11 is 0. The predicted molar refractivity (Wildman–Crippen MR) is 102 cm³/mol. The third-order valence-corrected chi connectivity index (χ3v) is 4.11. The first-order chi connectivity index (χ1) is 13.0. The molecule has 3 rings (SSSR count). The van der Waals surface area contributed by atoms with E-state index in [2.05, 4.69) is 5.10 Å². The Bertz CT molecular complexity index is 933. The SMILES string of the molecule is COc1ccc(C(=O)Oc2cc(C(C)C)nn2-c2ccccc2)c(OC)c1. The second-order valence-corrected chi connectivity index (χ2v) is 6.27. The molecule has 0 saturated carbocycles. The Morgan fingerprint density at radius 1 is 1.00 bits per heavy atom. The van der Waals surface area contributed by atoms with Gasteiger partial charge in [0.15, 0.2) is 0 Å². The fraction of sp³-hybridized carbons (Fsp3) is 0.238. The fourth-order valence-corrected chi connectivity index (χ4v) is 2.61. The first-order valence-corrected chi connectivity index (χ1v) is 8.63. The number of aromatic nitrogens is 2. The molecule has 27 heavy (non-hydrogen) atoms. The fourth-order valence-electron chi connectivity index (χ4n) is 2.61. The van der Waals surface area contributed by atoms with E-state index in [9.17, 15) is 4.79 Å². The van der Waals surface area contributed by atoms with Crippen LogP contribution in [0.2, 0.25) is 0 Å². The molecule has 0 saturated heterocycles. The summed E-state index contributed by atoms with van der Waals surface area (Å²) in [6, 6.07) is 16.3. The number of esters is 1. The van der Waals surface area contributed by atoms with Crippen LogP contribution in [0.3, 0.4) is 0 Å². The third kappa shape index (κ3) is 3.95. The Morgan fingerprint density at radius 2 is 1.74 bits per heavy atom. The van der Waals surface area contributed by atoms with E-state index < -0.39 is 5.97 Å². The minimum absolute atomic E-state index is 0.197. The van der Waals surface area contributed by atoms with Crippen LogP contribution in [0.25, 0.3) is 5.69 Å². The molecule has 0 atom stereocenters. The summed E-state index contributed by atoms with van der Waals surface area (Å²) in [6.07, 6.45) is 0. The van der Waals surface area contributed by atoms with E-state index in [0.717, 1.165) is 11.4 Å². The average Bonchev–Trinajstić information content (AvgIpc) is 3.12. The highest BCUT2D eigenvalue weighted by Crippen LogP contribution is 2.28. The van der Waals surface area contributed by atoms with Gasteiger partial charge in [-0.1, -0.05) is 32.0 Å². The Morgan fingerprint density at radius 3 is 2.37 bits per heavy atom. The maximum absolute atomic E-state index is 12.8. The van der Waals surface area contributed by atoms with Crippen LogP contribution in [-0.2, 0) is 0 Å². The summed E-state index contributed by atoms with van der Waals surface area (Å²) < 4.78 is 17.8. The van der Waals surface area contributed by atoms with Crippen LogP contribution >= 0.6 is 0 Å². The number of nitrogens with zero attached hydrogens (tertiary/aromatic N) is 2. The Labute approximate surface area is 158 Å². The molecule has 0 N–H and O–H groups in total. The van der Waals surface area contributed by atoms with E-state index >= 15 is 0 Å². The molecule has 0 radical (unpaired) electrons. The van der Waals surface area contributed by atoms with Crippen LogP contribution in [0, 0.1) is 0 Å². The van der Waals surface area contributed by atoms with Crippen LogP contribution in [0.1, 0.15) is 35.8 Å². The maximum Gasteiger partial charge on any atom is 0.348 e. The van der Waals surface area contributed by atoms with E-state index in [0.29, 0.717) is 22.9 Å². The predicted octanol–water partition coefficient (Wildman–Crippen LogP) is 4.23. The normalized spacial score (nSPS) is 10.7. The van der Waals surface area contributed by atoms with E-state index in [1.54, 1.807) is 36.1 Å². The van der Waals surface area contributed by atoms with Crippen molar-refractivity contribution in [3.8, 4) is 23.1 Å². The van der Waals surface area contributed by atoms with Gasteiger partial charge in [-0.3, -0.25) is 0 Å². The summed E-state index contributed by atoms with van der Waals surface area (Å²) in [6.45, 7) is 4.07. The minimum Gasteiger partial charge on any atom is -0.497 e. The first-order valence-electron chi connectivity index (χ1n) is 8.63. The number of carbonyl (C=O) groups is 1. The highest BCUT2D eigenvalue weighted by Gasteiger charge is 2.20. The van der Waals surface area contributed by atoms with E-state index in [4.69, 9.17) is 14.2 Å². The molecule has 0 aliphatic heterocycles. The van der Waals surface area contributed by atoms with Gasteiger partial charge in [-0.15, -0.1) is 0 Å². The van der Waals surface area contributed by atoms with Gasteiger partial charge in [0.05, 0.1) is 25.6 Å². The Kier molecular flexibility index (Phi) is 5.45. The van der Waals surface area contributed by atoms with E-state index in [1.165, 1.54) is 7.11 Å². The van der Waals surface area contributed by atoms with Crippen LogP contribution in [0.4, 0.5) is 0 Å². The van der Waals surface area contributed by atoms with Crippen molar-refractivity contribution in [3.63, 3.8) is 0 Å². The Balaban J connectivity index is 1.97. The number of rotatable bonds is 6. The standard InChI is InChI=1S/C21H22N2O4/c1-14(2)18-13-20(23(22-18)15-8-6-5-7-9-15)27-21(24)17-11-10-16(25-3)12-19(17)26-4/h5-14H,1-4H3. The van der Waals surface area contributed by atoms with Gasteiger partial charge < -0.3 is 14.2 Å². The molecule has 0 unspecified atom stereocenters. The van der Waals surface area contributed by atoms with E-state index in [1.807, 2.05) is 44.2 Å². The molecule has 3 aromatic rings. The van der Waals surface area contributed by atoms with Crippen molar-refractivity contribution in [2.75, 3.05) is 14.2 Å². The highest BCUT2D eigenvalue weighted by molar-refractivity contribution is 5.94. The summed E-state index contributed by atoms with van der Waals surface area (Å²) in [5, 5.41) is 4.58. The lowest BCUT2D eigenvalue weighted by atomic mass is 10.1. The van der Waals surface area contributed by atoms with Gasteiger partial charge in [0.25, 0.3) is 0 Å². The lowest BCUT2D eigenvalue weighted by Gasteiger charge is -2.11. The smallest absolute Gasteiger partial charge is 0.348 e. The summed E-state index contributed by atoms with van der Waals surface area (Å²) in [5.41, 5.74) is 1.96. The molecule has 140 valence electrons. The van der Waals surface area contributed by atoms with Crippen molar-refractivity contribution in [2.24, 2.45) is 0 Å². The molecule has 0 bridgehead atoms. The van der Waals surface area contributed by atoms with Gasteiger partial charge in [0.1, 0.15) is 17.1 Å². The molecule has 0 spiro atoms. The highest BCUT2D eigenvalue weighted by atomic mass is 16.5. The average molecular weight is 366 g/mol. The van der Waals surface area contributed by atoms with Gasteiger partial charge in [0.2, 0.25) is 5.88 Å². The van der Waals surface area contributed by atoms with Gasteiger partial charge in [-0.2, -0.15) is 5.10 Å². The number of ether oxygens (including phenoxy) is 3. The molecule has 0 aliphatic carbocycles. The molecule has 6 heteroatoms. The molecular weight excluding hydrogens is 344 g/mol. The quantitative estimate of drug-likeness (QED) is 0.611. The number of para-hydroxylation sites is 1. The zero-order valence-corrected chi connectivity index (χ0v) is 15.8. The number of methoxy groups -OCH3 is 2. The number of carbonyl (C=O) groups excluding carboxylic acids is 1. The molecule has 2 aromatic carbocycles. The molecule has 0 aliphatic rings. The van der Waals surface area contributed by atoms with Crippen molar-refractivity contribution < 1.29 is 19.0 Å². The van der Waals surface area contributed by atoms with Crippen LogP contribution < -0.4 is 14.2 Å². The van der Waals surface area contributed by atoms with Crippen molar-refractivity contribution in [1.29, 1.82) is 0 Å². The van der Waals surface area contributed by atoms with E-state index in [-0.39, 0.29) is 5.92 Å². The molecule has 6 nitrogen and oxygen atoms in total. The minimum atomic E-state index is -0.526. The second kappa shape index (κ2) is 7.95. The van der Waals surface area contributed by atoms with Crippen LogP contribution in [0.15, 0.2) is 54.6 Å². The summed E-state index contributed by atoms with van der Waals surface area (Å²) in [4.78, 5) is 12.8. The van der Waals surface area contributed by atoms with Gasteiger partial charge in [-0.05, 0) is 30.2 Å². The lowest BCUT2D eigenvalue weighted by molar-refractivity contribution is 0.0719. The van der Waals surface area contributed by atoms with Crippen molar-refractivity contribution >= 4 is 5.97 Å². The van der Waals surface area contributed by atoms with Gasteiger partial charge in [-0.25, -0.2) is 9.48 Å². The first kappa shape index (κ1) is 18.5. The second-order valence-electron chi connectivity index (χ2n) is 6.27. The molecule has 1 aromatic heterocycles. The van der Waals surface area contributed by atoms with Crippen LogP contribution in [0.5, 0.6) is 17.4 Å². The summed E-state index contributed by atoms with van der Waals surface area (Å²) in [5.74, 6) is 1.01. The summed E-state index contributed by atoms with van der Waals surface area (Å²) in [7, 11) is 3.05. The number of hydrogen-bond acceptors (Lipinski definition) is 5. The van der Waals surface area contributed by atoms with Crippen molar-refractivity contribution in [1.82, 2.24) is 9.78 Å². The topological polar surface area (TPSA) is 62.6 Å². The third-order valence-electron chi connectivity index (χ3n) is 4.11. The van der Waals surface area contributed by atoms with Crippen LogP contribution in [-0.4, -0.2) is 30.0 Å². The number of benzene rings is 2. The van der Waals surface area contributed by atoms with Gasteiger partial charge in [0, 0.05) is 12.1 Å². The zero-order valence-electron chi connectivity index (χ0n) is 15.8. The van der Waals surface area contributed by atoms with Gasteiger partial charge >= 0.3 is 5.97 Å². The Hall–Kier alpha value is -3.28. The molecule has 0 amide bonds.